The first-order valence-electron chi connectivity index (χ1n) is 5.58. The summed E-state index contributed by atoms with van der Waals surface area (Å²) in [6.45, 7) is 0. The van der Waals surface area contributed by atoms with Gasteiger partial charge in [-0.15, -0.1) is 0 Å². The van der Waals surface area contributed by atoms with E-state index in [-0.39, 0.29) is 5.91 Å². The van der Waals surface area contributed by atoms with E-state index in [4.69, 9.17) is 0 Å². The van der Waals surface area contributed by atoms with Crippen LogP contribution in [-0.2, 0) is 11.8 Å². The van der Waals surface area contributed by atoms with E-state index in [1.807, 2.05) is 0 Å². The number of amides is 1. The van der Waals surface area contributed by atoms with Crippen molar-refractivity contribution in [2.45, 2.75) is 31.2 Å². The van der Waals surface area contributed by atoms with E-state index in [2.05, 4.69) is 10.4 Å². The summed E-state index contributed by atoms with van der Waals surface area (Å²) in [5.41, 5.74) is -0.701. The van der Waals surface area contributed by atoms with Crippen LogP contribution in [0.3, 0.4) is 0 Å². The SMILES string of the molecule is Cn1cc(C(=O)NC2(C(=O)O)CCCC2)cn1. The fourth-order valence-corrected chi connectivity index (χ4v) is 2.20. The van der Waals surface area contributed by atoms with Crippen LogP contribution in [0.2, 0.25) is 0 Å². The number of aliphatic carboxylic acids is 1. The van der Waals surface area contributed by atoms with Crippen molar-refractivity contribution in [3.63, 3.8) is 0 Å². The molecule has 0 spiro atoms. The smallest absolute Gasteiger partial charge is 0.329 e. The fourth-order valence-electron chi connectivity index (χ4n) is 2.20. The van der Waals surface area contributed by atoms with Gasteiger partial charge >= 0.3 is 5.97 Å². The third kappa shape index (κ3) is 2.15. The predicted molar refractivity (Wildman–Crippen MR) is 59.5 cm³/mol. The zero-order valence-electron chi connectivity index (χ0n) is 9.64. The molecule has 1 aromatic rings. The van der Waals surface area contributed by atoms with Gasteiger partial charge in [0.25, 0.3) is 5.91 Å². The average Bonchev–Trinajstić information content (AvgIpc) is 2.87. The van der Waals surface area contributed by atoms with Gasteiger partial charge in [0, 0.05) is 13.2 Å². The summed E-state index contributed by atoms with van der Waals surface area (Å²) in [6.07, 6.45) is 5.65. The van der Waals surface area contributed by atoms with Gasteiger partial charge in [0.1, 0.15) is 5.54 Å². The highest BCUT2D eigenvalue weighted by molar-refractivity contribution is 5.97. The van der Waals surface area contributed by atoms with Gasteiger partial charge in [-0.05, 0) is 12.8 Å². The van der Waals surface area contributed by atoms with Crippen LogP contribution >= 0.6 is 0 Å². The summed E-state index contributed by atoms with van der Waals surface area (Å²) < 4.78 is 1.51. The Bertz CT molecular complexity index is 447. The van der Waals surface area contributed by atoms with E-state index in [1.54, 1.807) is 13.2 Å². The van der Waals surface area contributed by atoms with Crippen molar-refractivity contribution in [2.24, 2.45) is 7.05 Å². The molecule has 0 bridgehead atoms. The molecule has 6 nitrogen and oxygen atoms in total. The van der Waals surface area contributed by atoms with Crippen LogP contribution in [-0.4, -0.2) is 32.3 Å². The monoisotopic (exact) mass is 237 g/mol. The summed E-state index contributed by atoms with van der Waals surface area (Å²) in [5.74, 6) is -1.32. The zero-order valence-corrected chi connectivity index (χ0v) is 9.64. The van der Waals surface area contributed by atoms with E-state index in [1.165, 1.54) is 10.9 Å². The molecule has 0 atom stereocenters. The second-order valence-electron chi connectivity index (χ2n) is 4.45. The van der Waals surface area contributed by atoms with Gasteiger partial charge < -0.3 is 10.4 Å². The third-order valence-corrected chi connectivity index (χ3v) is 3.19. The molecule has 1 fully saturated rings. The van der Waals surface area contributed by atoms with Gasteiger partial charge in [0.2, 0.25) is 0 Å². The molecule has 17 heavy (non-hydrogen) atoms. The highest BCUT2D eigenvalue weighted by Gasteiger charge is 2.42. The molecule has 0 aliphatic heterocycles. The number of aromatic nitrogens is 2. The van der Waals surface area contributed by atoms with Crippen LogP contribution in [0.15, 0.2) is 12.4 Å². The first-order valence-corrected chi connectivity index (χ1v) is 5.58. The summed E-state index contributed by atoms with van der Waals surface area (Å²) in [5, 5.41) is 15.7. The lowest BCUT2D eigenvalue weighted by Crippen LogP contribution is -2.52. The molecule has 2 N–H and O–H groups in total. The minimum Gasteiger partial charge on any atom is -0.480 e. The van der Waals surface area contributed by atoms with Crippen LogP contribution in [0.25, 0.3) is 0 Å². The Kier molecular flexibility index (Phi) is 2.87. The van der Waals surface area contributed by atoms with Crippen molar-refractivity contribution in [2.75, 3.05) is 0 Å². The van der Waals surface area contributed by atoms with Gasteiger partial charge in [-0.2, -0.15) is 5.10 Å². The van der Waals surface area contributed by atoms with Crippen molar-refractivity contribution in [1.29, 1.82) is 0 Å². The summed E-state index contributed by atoms with van der Waals surface area (Å²) in [7, 11) is 1.71. The Labute approximate surface area is 98.6 Å². The number of carboxylic acid groups (broad SMARTS) is 1. The summed E-state index contributed by atoms with van der Waals surface area (Å²) in [6, 6.07) is 0. The second-order valence-corrected chi connectivity index (χ2v) is 4.45. The molecular weight excluding hydrogens is 222 g/mol. The molecule has 92 valence electrons. The molecule has 1 saturated carbocycles. The summed E-state index contributed by atoms with van der Waals surface area (Å²) >= 11 is 0. The van der Waals surface area contributed by atoms with Crippen LogP contribution in [0.1, 0.15) is 36.0 Å². The van der Waals surface area contributed by atoms with Crippen LogP contribution in [0.4, 0.5) is 0 Å². The maximum absolute atomic E-state index is 11.9. The first-order chi connectivity index (χ1) is 8.03. The largest absolute Gasteiger partial charge is 0.480 e. The molecule has 1 heterocycles. The minimum absolute atomic E-state index is 0.373. The number of nitrogens with zero attached hydrogens (tertiary/aromatic N) is 2. The number of carbonyl (C=O) groups is 2. The number of aryl methyl sites for hydroxylation is 1. The number of carbonyl (C=O) groups excluding carboxylic acids is 1. The Morgan fingerprint density at radius 1 is 1.47 bits per heavy atom. The van der Waals surface area contributed by atoms with Crippen molar-refractivity contribution >= 4 is 11.9 Å². The lowest BCUT2D eigenvalue weighted by molar-refractivity contribution is -0.144. The molecule has 6 heteroatoms. The molecule has 0 saturated heterocycles. The van der Waals surface area contributed by atoms with Crippen LogP contribution in [0, 0.1) is 0 Å². The lowest BCUT2D eigenvalue weighted by Gasteiger charge is -2.24. The molecule has 2 rings (SSSR count). The Morgan fingerprint density at radius 2 is 2.12 bits per heavy atom. The predicted octanol–water partition coefficient (Wildman–Crippen LogP) is 0.547. The highest BCUT2D eigenvalue weighted by atomic mass is 16.4. The third-order valence-electron chi connectivity index (χ3n) is 3.19. The Balaban J connectivity index is 2.14. The molecule has 0 unspecified atom stereocenters. The molecule has 0 aromatic carbocycles. The Morgan fingerprint density at radius 3 is 2.59 bits per heavy atom. The van der Waals surface area contributed by atoms with Crippen molar-refractivity contribution in [1.82, 2.24) is 15.1 Å². The average molecular weight is 237 g/mol. The number of nitrogens with one attached hydrogen (secondary N) is 1. The zero-order chi connectivity index (χ0) is 12.5. The van der Waals surface area contributed by atoms with E-state index >= 15 is 0 Å². The Hall–Kier alpha value is -1.85. The second kappa shape index (κ2) is 4.20. The van der Waals surface area contributed by atoms with Crippen molar-refractivity contribution in [3.05, 3.63) is 18.0 Å². The maximum atomic E-state index is 11.9. The van der Waals surface area contributed by atoms with E-state index in [0.717, 1.165) is 12.8 Å². The van der Waals surface area contributed by atoms with Gasteiger partial charge in [-0.3, -0.25) is 9.48 Å². The van der Waals surface area contributed by atoms with Gasteiger partial charge in [0.15, 0.2) is 0 Å². The van der Waals surface area contributed by atoms with Crippen molar-refractivity contribution in [3.8, 4) is 0 Å². The molecular formula is C11H15N3O3. The molecule has 1 aliphatic rings. The van der Waals surface area contributed by atoms with Crippen LogP contribution in [0.5, 0.6) is 0 Å². The number of hydrogen-bond acceptors (Lipinski definition) is 3. The number of hydrogen-bond donors (Lipinski definition) is 2. The number of rotatable bonds is 3. The fraction of sp³-hybridized carbons (Fsp3) is 0.545. The molecule has 1 amide bonds. The topological polar surface area (TPSA) is 84.2 Å². The highest BCUT2D eigenvalue weighted by Crippen LogP contribution is 2.30. The number of carboxylic acids is 1. The lowest BCUT2D eigenvalue weighted by atomic mass is 9.97. The quantitative estimate of drug-likeness (QED) is 0.804. The minimum atomic E-state index is -1.09. The molecule has 1 aliphatic carbocycles. The van der Waals surface area contributed by atoms with Gasteiger partial charge in [-0.1, -0.05) is 12.8 Å². The van der Waals surface area contributed by atoms with Gasteiger partial charge in [-0.25, -0.2) is 4.79 Å². The van der Waals surface area contributed by atoms with Gasteiger partial charge in [0.05, 0.1) is 11.8 Å². The summed E-state index contributed by atoms with van der Waals surface area (Å²) in [4.78, 5) is 23.2. The van der Waals surface area contributed by atoms with Crippen molar-refractivity contribution < 1.29 is 14.7 Å². The molecule has 1 aromatic heterocycles. The standard InChI is InChI=1S/C11H15N3O3/c1-14-7-8(6-12-14)9(15)13-11(10(16)17)4-2-3-5-11/h6-7H,2-5H2,1H3,(H,13,15)(H,16,17). The first kappa shape index (κ1) is 11.6. The van der Waals surface area contributed by atoms with E-state index in [0.29, 0.717) is 18.4 Å². The normalized spacial score (nSPS) is 17.9. The van der Waals surface area contributed by atoms with E-state index in [9.17, 15) is 14.7 Å². The maximum Gasteiger partial charge on any atom is 0.329 e. The van der Waals surface area contributed by atoms with Crippen LogP contribution < -0.4 is 5.32 Å². The van der Waals surface area contributed by atoms with E-state index < -0.39 is 11.5 Å². The molecule has 0 radical (unpaired) electrons.